The van der Waals surface area contributed by atoms with E-state index in [1.54, 1.807) is 0 Å². The standard InChI is InChI=1S/C5H12N2O/c1-2-6-3-4-7-5-8/h5-6H,2-4H2,1H3,(H,7,8). The second-order valence-corrected chi connectivity index (χ2v) is 1.43. The molecule has 0 aromatic rings. The monoisotopic (exact) mass is 116 g/mol. The summed E-state index contributed by atoms with van der Waals surface area (Å²) in [5.74, 6) is 0. The van der Waals surface area contributed by atoms with Gasteiger partial charge in [0.2, 0.25) is 6.41 Å². The summed E-state index contributed by atoms with van der Waals surface area (Å²) in [6, 6.07) is 0. The molecule has 0 fully saturated rings. The molecular weight excluding hydrogens is 104 g/mol. The average molecular weight is 116 g/mol. The maximum Gasteiger partial charge on any atom is 0.207 e. The Morgan fingerprint density at radius 3 is 2.75 bits per heavy atom. The smallest absolute Gasteiger partial charge is 0.207 e. The molecule has 0 rings (SSSR count). The zero-order chi connectivity index (χ0) is 6.24. The third kappa shape index (κ3) is 5.43. The van der Waals surface area contributed by atoms with Crippen LogP contribution in [-0.2, 0) is 4.79 Å². The first-order valence-corrected chi connectivity index (χ1v) is 2.79. The Morgan fingerprint density at radius 1 is 1.50 bits per heavy atom. The van der Waals surface area contributed by atoms with Crippen LogP contribution in [0.2, 0.25) is 0 Å². The van der Waals surface area contributed by atoms with Crippen LogP contribution in [0.3, 0.4) is 0 Å². The van der Waals surface area contributed by atoms with Gasteiger partial charge >= 0.3 is 0 Å². The highest BCUT2D eigenvalue weighted by Crippen LogP contribution is 1.53. The maximum absolute atomic E-state index is 9.63. The van der Waals surface area contributed by atoms with Crippen molar-refractivity contribution in [2.24, 2.45) is 0 Å². The van der Waals surface area contributed by atoms with Gasteiger partial charge < -0.3 is 10.6 Å². The molecular formula is C5H12N2O. The molecule has 3 heteroatoms. The normalized spacial score (nSPS) is 8.62. The number of carbonyl (C=O) groups excluding carboxylic acids is 1. The van der Waals surface area contributed by atoms with Crippen molar-refractivity contribution in [1.82, 2.24) is 10.6 Å². The summed E-state index contributed by atoms with van der Waals surface area (Å²) in [6.45, 7) is 4.56. The highest BCUT2D eigenvalue weighted by atomic mass is 16.1. The lowest BCUT2D eigenvalue weighted by Gasteiger charge is -1.97. The zero-order valence-electron chi connectivity index (χ0n) is 5.11. The van der Waals surface area contributed by atoms with E-state index in [1.807, 2.05) is 6.92 Å². The summed E-state index contributed by atoms with van der Waals surface area (Å²) in [7, 11) is 0. The molecule has 0 atom stereocenters. The van der Waals surface area contributed by atoms with E-state index in [9.17, 15) is 4.79 Å². The van der Waals surface area contributed by atoms with Crippen molar-refractivity contribution in [2.75, 3.05) is 19.6 Å². The van der Waals surface area contributed by atoms with Gasteiger partial charge in [-0.15, -0.1) is 0 Å². The molecule has 0 heterocycles. The quantitative estimate of drug-likeness (QED) is 0.370. The van der Waals surface area contributed by atoms with Gasteiger partial charge in [-0.3, -0.25) is 4.79 Å². The lowest BCUT2D eigenvalue weighted by atomic mass is 10.6. The molecule has 0 radical (unpaired) electrons. The number of carbonyl (C=O) groups is 1. The van der Waals surface area contributed by atoms with Gasteiger partial charge in [-0.25, -0.2) is 0 Å². The maximum atomic E-state index is 9.63. The van der Waals surface area contributed by atoms with Crippen molar-refractivity contribution in [3.05, 3.63) is 0 Å². The third-order valence-electron chi connectivity index (χ3n) is 0.779. The Kier molecular flexibility index (Phi) is 5.97. The first-order valence-electron chi connectivity index (χ1n) is 2.79. The van der Waals surface area contributed by atoms with E-state index in [0.29, 0.717) is 6.41 Å². The lowest BCUT2D eigenvalue weighted by Crippen LogP contribution is -2.25. The van der Waals surface area contributed by atoms with Crippen molar-refractivity contribution < 1.29 is 4.79 Å². The van der Waals surface area contributed by atoms with Crippen LogP contribution in [0, 0.1) is 0 Å². The number of rotatable bonds is 5. The van der Waals surface area contributed by atoms with Gasteiger partial charge in [0.25, 0.3) is 0 Å². The highest BCUT2D eigenvalue weighted by Gasteiger charge is 1.78. The molecule has 3 nitrogen and oxygen atoms in total. The lowest BCUT2D eigenvalue weighted by molar-refractivity contribution is -0.109. The predicted molar refractivity (Wildman–Crippen MR) is 32.6 cm³/mol. The molecule has 2 N–H and O–H groups in total. The predicted octanol–water partition coefficient (Wildman–Crippen LogP) is -0.658. The minimum Gasteiger partial charge on any atom is -0.357 e. The fraction of sp³-hybridized carbons (Fsp3) is 0.800. The van der Waals surface area contributed by atoms with E-state index in [0.717, 1.165) is 19.6 Å². The molecule has 0 aromatic heterocycles. The Labute approximate surface area is 49.5 Å². The van der Waals surface area contributed by atoms with Crippen LogP contribution < -0.4 is 10.6 Å². The first-order chi connectivity index (χ1) is 3.91. The van der Waals surface area contributed by atoms with Crippen molar-refractivity contribution in [1.29, 1.82) is 0 Å². The molecule has 48 valence electrons. The molecule has 1 amide bonds. The van der Waals surface area contributed by atoms with Crippen LogP contribution in [0.5, 0.6) is 0 Å². The number of hydrogen-bond donors (Lipinski definition) is 2. The second-order valence-electron chi connectivity index (χ2n) is 1.43. The number of likely N-dealkylation sites (N-methyl/N-ethyl adjacent to an activating group) is 1. The molecule has 0 bridgehead atoms. The van der Waals surface area contributed by atoms with E-state index < -0.39 is 0 Å². The summed E-state index contributed by atoms with van der Waals surface area (Å²) in [4.78, 5) is 9.63. The number of hydrogen-bond acceptors (Lipinski definition) is 2. The molecule has 0 aromatic carbocycles. The van der Waals surface area contributed by atoms with Gasteiger partial charge in [0.1, 0.15) is 0 Å². The molecule has 0 unspecified atom stereocenters. The molecule has 0 aliphatic rings. The van der Waals surface area contributed by atoms with Crippen molar-refractivity contribution in [3.8, 4) is 0 Å². The minimum absolute atomic E-state index is 0.706. The van der Waals surface area contributed by atoms with Gasteiger partial charge in [0.05, 0.1) is 0 Å². The summed E-state index contributed by atoms with van der Waals surface area (Å²) in [5, 5.41) is 5.60. The van der Waals surface area contributed by atoms with Gasteiger partial charge in [0, 0.05) is 13.1 Å². The van der Waals surface area contributed by atoms with E-state index in [2.05, 4.69) is 10.6 Å². The summed E-state index contributed by atoms with van der Waals surface area (Å²) >= 11 is 0. The van der Waals surface area contributed by atoms with Crippen LogP contribution in [0.25, 0.3) is 0 Å². The van der Waals surface area contributed by atoms with Crippen LogP contribution in [0.1, 0.15) is 6.92 Å². The van der Waals surface area contributed by atoms with Gasteiger partial charge in [-0.05, 0) is 6.54 Å². The minimum atomic E-state index is 0.706. The van der Waals surface area contributed by atoms with Gasteiger partial charge in [-0.2, -0.15) is 0 Å². The number of amides is 1. The summed E-state index contributed by atoms with van der Waals surface area (Å²) in [6.07, 6.45) is 0.706. The Bertz CT molecular complexity index is 56.4. The summed E-state index contributed by atoms with van der Waals surface area (Å²) < 4.78 is 0. The van der Waals surface area contributed by atoms with Crippen molar-refractivity contribution >= 4 is 6.41 Å². The first kappa shape index (κ1) is 7.43. The van der Waals surface area contributed by atoms with Crippen LogP contribution in [0.15, 0.2) is 0 Å². The topological polar surface area (TPSA) is 41.1 Å². The molecule has 8 heavy (non-hydrogen) atoms. The van der Waals surface area contributed by atoms with Crippen LogP contribution in [0.4, 0.5) is 0 Å². The molecule has 0 saturated carbocycles. The van der Waals surface area contributed by atoms with E-state index in [4.69, 9.17) is 0 Å². The Hall–Kier alpha value is -0.570. The third-order valence-corrected chi connectivity index (χ3v) is 0.779. The zero-order valence-corrected chi connectivity index (χ0v) is 5.11. The van der Waals surface area contributed by atoms with E-state index >= 15 is 0 Å². The molecule has 0 saturated heterocycles. The van der Waals surface area contributed by atoms with E-state index in [1.165, 1.54) is 0 Å². The van der Waals surface area contributed by atoms with E-state index in [-0.39, 0.29) is 0 Å². The molecule has 0 aliphatic carbocycles. The highest BCUT2D eigenvalue weighted by molar-refractivity contribution is 5.45. The SMILES string of the molecule is CCNCCNC=O. The fourth-order valence-electron chi connectivity index (χ4n) is 0.396. The second kappa shape index (κ2) is 6.43. The van der Waals surface area contributed by atoms with Gasteiger partial charge in [0.15, 0.2) is 0 Å². The summed E-state index contributed by atoms with van der Waals surface area (Å²) in [5.41, 5.74) is 0. The van der Waals surface area contributed by atoms with Gasteiger partial charge in [-0.1, -0.05) is 6.92 Å². The van der Waals surface area contributed by atoms with Crippen LogP contribution >= 0.6 is 0 Å². The average Bonchev–Trinajstić information content (AvgIpc) is 1.81. The Balaban J connectivity index is 2.62. The molecule has 0 aliphatic heterocycles. The fourth-order valence-corrected chi connectivity index (χ4v) is 0.396. The molecule has 0 spiro atoms. The largest absolute Gasteiger partial charge is 0.357 e. The van der Waals surface area contributed by atoms with Crippen molar-refractivity contribution in [2.45, 2.75) is 6.92 Å². The number of nitrogens with one attached hydrogen (secondary N) is 2. The Morgan fingerprint density at radius 2 is 2.25 bits per heavy atom. The van der Waals surface area contributed by atoms with Crippen molar-refractivity contribution in [3.63, 3.8) is 0 Å². The van der Waals surface area contributed by atoms with Crippen LogP contribution in [-0.4, -0.2) is 26.0 Å².